The summed E-state index contributed by atoms with van der Waals surface area (Å²) in [5, 5.41) is 14.9. The van der Waals surface area contributed by atoms with Crippen molar-refractivity contribution < 1.29 is 5.11 Å². The third-order valence-corrected chi connectivity index (χ3v) is 2.24. The summed E-state index contributed by atoms with van der Waals surface area (Å²) in [4.78, 5) is 4.08. The van der Waals surface area contributed by atoms with Crippen molar-refractivity contribution >= 4 is 39.1 Å². The Morgan fingerprint density at radius 3 is 2.50 bits per heavy atom. The van der Waals surface area contributed by atoms with E-state index < -0.39 is 0 Å². The summed E-state index contributed by atoms with van der Waals surface area (Å²) in [5.41, 5.74) is 0.924. The highest BCUT2D eigenvalue weighted by Crippen LogP contribution is 2.20. The van der Waals surface area contributed by atoms with E-state index in [0.29, 0.717) is 0 Å². The molecule has 3 nitrogen and oxygen atoms in total. The van der Waals surface area contributed by atoms with Gasteiger partial charge in [-0.15, -0.1) is 28.3 Å². The third-order valence-electron chi connectivity index (χ3n) is 1.55. The summed E-state index contributed by atoms with van der Waals surface area (Å²) in [7, 11) is 0. The molecule has 1 aromatic heterocycles. The molecular formula is C9H9BrN2OS. The molecule has 74 valence electrons. The van der Waals surface area contributed by atoms with Crippen LogP contribution in [0.3, 0.4) is 0 Å². The Morgan fingerprint density at radius 1 is 1.21 bits per heavy atom. The van der Waals surface area contributed by atoms with Crippen LogP contribution in [0.2, 0.25) is 0 Å². The topological polar surface area (TPSA) is 45.1 Å². The number of aromatic nitrogens is 1. The van der Waals surface area contributed by atoms with Crippen LogP contribution in [0.25, 0.3) is 0 Å². The molecule has 0 spiro atoms. The maximum Gasteiger partial charge on any atom is 0.187 e. The van der Waals surface area contributed by atoms with E-state index in [2.05, 4.69) is 10.3 Å². The number of aromatic hydroxyl groups is 1. The summed E-state index contributed by atoms with van der Waals surface area (Å²) >= 11 is 1.54. The fourth-order valence-corrected chi connectivity index (χ4v) is 1.50. The van der Waals surface area contributed by atoms with E-state index in [4.69, 9.17) is 5.11 Å². The molecule has 1 heterocycles. The molecule has 2 rings (SSSR count). The smallest absolute Gasteiger partial charge is 0.187 e. The van der Waals surface area contributed by atoms with E-state index in [1.807, 2.05) is 5.38 Å². The van der Waals surface area contributed by atoms with Gasteiger partial charge >= 0.3 is 0 Å². The zero-order valence-electron chi connectivity index (χ0n) is 7.18. The van der Waals surface area contributed by atoms with Crippen molar-refractivity contribution in [1.82, 2.24) is 4.98 Å². The first-order chi connectivity index (χ1) is 6.34. The van der Waals surface area contributed by atoms with Crippen LogP contribution >= 0.6 is 28.3 Å². The molecule has 14 heavy (non-hydrogen) atoms. The van der Waals surface area contributed by atoms with Crippen molar-refractivity contribution in [2.75, 3.05) is 5.32 Å². The number of phenolic OH excluding ortho intramolecular Hbond substituents is 1. The van der Waals surface area contributed by atoms with E-state index in [-0.39, 0.29) is 22.7 Å². The van der Waals surface area contributed by atoms with Gasteiger partial charge in [0.1, 0.15) is 5.75 Å². The molecule has 2 N–H and O–H groups in total. The highest BCUT2D eigenvalue weighted by molar-refractivity contribution is 8.93. The number of phenols is 1. The van der Waals surface area contributed by atoms with Crippen LogP contribution in [-0.2, 0) is 0 Å². The fraction of sp³-hybridized carbons (Fsp3) is 0. The Hall–Kier alpha value is -1.07. The van der Waals surface area contributed by atoms with E-state index in [9.17, 15) is 0 Å². The number of thiazole rings is 1. The molecular weight excluding hydrogens is 264 g/mol. The summed E-state index contributed by atoms with van der Waals surface area (Å²) in [6.45, 7) is 0. The molecule has 5 heteroatoms. The molecule has 0 atom stereocenters. The second kappa shape index (κ2) is 4.97. The second-order valence-corrected chi connectivity index (χ2v) is 3.40. The first kappa shape index (κ1) is 11.0. The molecule has 0 aliphatic heterocycles. The fourth-order valence-electron chi connectivity index (χ4n) is 0.953. The minimum Gasteiger partial charge on any atom is -0.508 e. The number of benzene rings is 1. The second-order valence-electron chi connectivity index (χ2n) is 2.51. The quantitative estimate of drug-likeness (QED) is 0.826. The Kier molecular flexibility index (Phi) is 3.91. The molecule has 0 aliphatic rings. The van der Waals surface area contributed by atoms with Gasteiger partial charge in [0.25, 0.3) is 0 Å². The summed E-state index contributed by atoms with van der Waals surface area (Å²) in [6, 6.07) is 6.87. The van der Waals surface area contributed by atoms with Gasteiger partial charge in [-0.05, 0) is 24.3 Å². The van der Waals surface area contributed by atoms with Crippen LogP contribution in [0.5, 0.6) is 5.75 Å². The zero-order valence-corrected chi connectivity index (χ0v) is 9.70. The van der Waals surface area contributed by atoms with E-state index in [1.54, 1.807) is 30.5 Å². The largest absolute Gasteiger partial charge is 0.508 e. The minimum atomic E-state index is 0. The van der Waals surface area contributed by atoms with Crippen molar-refractivity contribution in [2.45, 2.75) is 0 Å². The SMILES string of the molecule is Br.Oc1ccc(Nc2nccs2)cc1. The van der Waals surface area contributed by atoms with Gasteiger partial charge in [-0.3, -0.25) is 0 Å². The maximum absolute atomic E-state index is 9.04. The standard InChI is InChI=1S/C9H8N2OS.BrH/c12-8-3-1-7(2-4-8)11-9-10-5-6-13-9;/h1-6,12H,(H,10,11);1H. The molecule has 2 aromatic rings. The highest BCUT2D eigenvalue weighted by atomic mass is 79.9. The number of nitrogens with one attached hydrogen (secondary N) is 1. The first-order valence-electron chi connectivity index (χ1n) is 3.80. The molecule has 0 bridgehead atoms. The van der Waals surface area contributed by atoms with E-state index in [1.165, 1.54) is 11.3 Å². The molecule has 0 saturated heterocycles. The first-order valence-corrected chi connectivity index (χ1v) is 4.68. The lowest BCUT2D eigenvalue weighted by Crippen LogP contribution is -1.87. The lowest BCUT2D eigenvalue weighted by molar-refractivity contribution is 0.475. The van der Waals surface area contributed by atoms with Crippen LogP contribution in [0, 0.1) is 0 Å². The van der Waals surface area contributed by atoms with Gasteiger partial charge in [0.15, 0.2) is 5.13 Å². The minimum absolute atomic E-state index is 0. The molecule has 0 aliphatic carbocycles. The molecule has 0 amide bonds. The third kappa shape index (κ3) is 2.71. The van der Waals surface area contributed by atoms with Crippen molar-refractivity contribution in [1.29, 1.82) is 0 Å². The summed E-state index contributed by atoms with van der Waals surface area (Å²) in [6.07, 6.45) is 1.74. The summed E-state index contributed by atoms with van der Waals surface area (Å²) < 4.78 is 0. The number of nitrogens with zero attached hydrogens (tertiary/aromatic N) is 1. The Morgan fingerprint density at radius 2 is 1.93 bits per heavy atom. The Bertz CT molecular complexity index is 374. The molecule has 0 unspecified atom stereocenters. The molecule has 0 fully saturated rings. The number of rotatable bonds is 2. The average Bonchev–Trinajstić information content (AvgIpc) is 2.62. The molecule has 1 aromatic carbocycles. The van der Waals surface area contributed by atoms with Crippen LogP contribution in [0.4, 0.5) is 10.8 Å². The van der Waals surface area contributed by atoms with Gasteiger partial charge < -0.3 is 10.4 Å². The van der Waals surface area contributed by atoms with Gasteiger partial charge in [0, 0.05) is 17.3 Å². The van der Waals surface area contributed by atoms with Gasteiger partial charge in [0.05, 0.1) is 0 Å². The normalized spacial score (nSPS) is 9.14. The predicted molar refractivity (Wildman–Crippen MR) is 63.8 cm³/mol. The number of halogens is 1. The van der Waals surface area contributed by atoms with Crippen LogP contribution < -0.4 is 5.32 Å². The van der Waals surface area contributed by atoms with E-state index >= 15 is 0 Å². The Labute approximate surface area is 96.2 Å². The van der Waals surface area contributed by atoms with Gasteiger partial charge in [-0.25, -0.2) is 4.98 Å². The monoisotopic (exact) mass is 272 g/mol. The van der Waals surface area contributed by atoms with Crippen LogP contribution in [0.15, 0.2) is 35.8 Å². The van der Waals surface area contributed by atoms with Crippen molar-refractivity contribution in [3.63, 3.8) is 0 Å². The predicted octanol–water partition coefficient (Wildman–Crippen LogP) is 3.17. The number of hydrogen-bond acceptors (Lipinski definition) is 4. The van der Waals surface area contributed by atoms with Gasteiger partial charge in [-0.2, -0.15) is 0 Å². The van der Waals surface area contributed by atoms with Crippen LogP contribution in [0.1, 0.15) is 0 Å². The lowest BCUT2D eigenvalue weighted by Gasteiger charge is -2.01. The molecule has 0 saturated carbocycles. The average molecular weight is 273 g/mol. The molecule has 0 radical (unpaired) electrons. The van der Waals surface area contributed by atoms with Gasteiger partial charge in [-0.1, -0.05) is 0 Å². The van der Waals surface area contributed by atoms with Gasteiger partial charge in [0.2, 0.25) is 0 Å². The maximum atomic E-state index is 9.04. The Balaban J connectivity index is 0.000000980. The van der Waals surface area contributed by atoms with Crippen molar-refractivity contribution in [3.05, 3.63) is 35.8 Å². The number of hydrogen-bond donors (Lipinski definition) is 2. The number of anilines is 2. The summed E-state index contributed by atoms with van der Waals surface area (Å²) in [5.74, 6) is 0.268. The highest BCUT2D eigenvalue weighted by Gasteiger charge is 1.95. The van der Waals surface area contributed by atoms with E-state index in [0.717, 1.165) is 10.8 Å². The van der Waals surface area contributed by atoms with Crippen molar-refractivity contribution in [3.8, 4) is 5.75 Å². The van der Waals surface area contributed by atoms with Crippen molar-refractivity contribution in [2.24, 2.45) is 0 Å². The lowest BCUT2D eigenvalue weighted by atomic mass is 10.3. The zero-order chi connectivity index (χ0) is 9.10. The van der Waals surface area contributed by atoms with Crippen LogP contribution in [-0.4, -0.2) is 10.1 Å².